The van der Waals surface area contributed by atoms with Crippen LogP contribution in [0.3, 0.4) is 0 Å². The summed E-state index contributed by atoms with van der Waals surface area (Å²) in [6, 6.07) is 7.69. The molecule has 0 atom stereocenters. The Hall–Kier alpha value is -2.61. The third-order valence-corrected chi connectivity index (χ3v) is 4.34. The van der Waals surface area contributed by atoms with Crippen molar-refractivity contribution >= 4 is 17.6 Å². The number of nitrogens with zero attached hydrogens (tertiary/aromatic N) is 4. The summed E-state index contributed by atoms with van der Waals surface area (Å²) < 4.78 is 0. The molecule has 9 heteroatoms. The zero-order valence-corrected chi connectivity index (χ0v) is 14.4. The van der Waals surface area contributed by atoms with E-state index in [2.05, 4.69) is 20.4 Å². The topological polar surface area (TPSA) is 99.4 Å². The van der Waals surface area contributed by atoms with Crippen LogP contribution in [0.15, 0.2) is 35.7 Å². The van der Waals surface area contributed by atoms with E-state index in [1.54, 1.807) is 6.33 Å². The number of hydrogen-bond acceptors (Lipinski definition) is 3. The summed E-state index contributed by atoms with van der Waals surface area (Å²) >= 11 is 5.87. The van der Waals surface area contributed by atoms with Gasteiger partial charge >= 0.3 is 0 Å². The predicted molar refractivity (Wildman–Crippen MR) is 94.9 cm³/mol. The molecule has 0 aliphatic carbocycles. The molecular formula is C16H19ClN6O2. The van der Waals surface area contributed by atoms with Gasteiger partial charge in [0, 0.05) is 24.5 Å². The largest absolute Gasteiger partial charge is 0.351 e. The van der Waals surface area contributed by atoms with Crippen molar-refractivity contribution in [2.75, 3.05) is 13.1 Å². The molecule has 3 rings (SSSR count). The van der Waals surface area contributed by atoms with Gasteiger partial charge in [0.05, 0.1) is 24.3 Å². The summed E-state index contributed by atoms with van der Waals surface area (Å²) in [4.78, 5) is 20.0. The lowest BCUT2D eigenvalue weighted by atomic mass is 10.1. The Kier molecular flexibility index (Phi) is 5.49. The zero-order chi connectivity index (χ0) is 17.6. The van der Waals surface area contributed by atoms with E-state index in [-0.39, 0.29) is 0 Å². The van der Waals surface area contributed by atoms with Crippen LogP contribution < -0.4 is 5.32 Å². The fraction of sp³-hybridized carbons (Fsp3) is 0.375. The van der Waals surface area contributed by atoms with Gasteiger partial charge in [-0.25, -0.2) is 15.1 Å². The minimum atomic E-state index is -0.663. The van der Waals surface area contributed by atoms with Crippen LogP contribution in [0, 0.1) is 10.1 Å². The molecular weight excluding hydrogens is 344 g/mol. The van der Waals surface area contributed by atoms with Gasteiger partial charge in [0.1, 0.15) is 5.10 Å². The van der Waals surface area contributed by atoms with E-state index >= 15 is 0 Å². The molecule has 2 N–H and O–H groups in total. The molecule has 1 aliphatic rings. The molecule has 0 spiro atoms. The summed E-state index contributed by atoms with van der Waals surface area (Å²) in [5, 5.41) is 17.5. The van der Waals surface area contributed by atoms with E-state index in [0.29, 0.717) is 30.6 Å². The molecule has 0 unspecified atom stereocenters. The third kappa shape index (κ3) is 4.69. The second-order valence-corrected chi connectivity index (χ2v) is 6.25. The highest BCUT2D eigenvalue weighted by Crippen LogP contribution is 2.15. The van der Waals surface area contributed by atoms with Crippen LogP contribution in [0.25, 0.3) is 0 Å². The van der Waals surface area contributed by atoms with Crippen LogP contribution in [0.2, 0.25) is 5.02 Å². The highest BCUT2D eigenvalue weighted by Gasteiger charge is 2.23. The Labute approximate surface area is 150 Å². The van der Waals surface area contributed by atoms with E-state index in [0.717, 1.165) is 30.7 Å². The number of H-pyrrole nitrogens is 1. The van der Waals surface area contributed by atoms with Gasteiger partial charge in [0.15, 0.2) is 5.03 Å². The average Bonchev–Trinajstić information content (AvgIpc) is 3.06. The molecule has 25 heavy (non-hydrogen) atoms. The van der Waals surface area contributed by atoms with Crippen LogP contribution in [-0.2, 0) is 19.4 Å². The summed E-state index contributed by atoms with van der Waals surface area (Å²) in [5.41, 5.74) is 3.17. The lowest BCUT2D eigenvalue weighted by Crippen LogP contribution is -2.45. The SMILES string of the molecule is O=[N+]([O-])/N=C(/NCCCc1ccc(Cl)cc1)N1CCc2nc[nH]c2C1. The Morgan fingerprint density at radius 3 is 3.00 bits per heavy atom. The molecule has 2 heterocycles. The number of guanidine groups is 1. The minimum Gasteiger partial charge on any atom is -0.351 e. The van der Waals surface area contributed by atoms with Gasteiger partial charge in [-0.15, -0.1) is 0 Å². The number of aromatic amines is 1. The molecule has 0 fully saturated rings. The lowest BCUT2D eigenvalue weighted by molar-refractivity contribution is -0.486. The fourth-order valence-electron chi connectivity index (χ4n) is 2.82. The molecule has 132 valence electrons. The van der Waals surface area contributed by atoms with Crippen LogP contribution in [0.5, 0.6) is 0 Å². The number of benzene rings is 1. The summed E-state index contributed by atoms with van der Waals surface area (Å²) in [6.07, 6.45) is 4.09. The number of halogens is 1. The first-order valence-corrected chi connectivity index (χ1v) is 8.47. The van der Waals surface area contributed by atoms with Crippen LogP contribution >= 0.6 is 11.6 Å². The normalized spacial score (nSPS) is 14.3. The number of hydrogen-bond donors (Lipinski definition) is 2. The quantitative estimate of drug-likeness (QED) is 0.279. The van der Waals surface area contributed by atoms with E-state index in [9.17, 15) is 10.1 Å². The van der Waals surface area contributed by atoms with Crippen molar-refractivity contribution in [2.24, 2.45) is 5.10 Å². The van der Waals surface area contributed by atoms with Crippen molar-refractivity contribution in [3.63, 3.8) is 0 Å². The molecule has 0 bridgehead atoms. The van der Waals surface area contributed by atoms with Gasteiger partial charge in [-0.05, 0) is 30.5 Å². The molecule has 1 aromatic carbocycles. The summed E-state index contributed by atoms with van der Waals surface area (Å²) in [6.45, 7) is 1.78. The van der Waals surface area contributed by atoms with Crippen molar-refractivity contribution in [3.8, 4) is 0 Å². The second kappa shape index (κ2) is 7.98. The maximum atomic E-state index is 10.9. The first-order valence-electron chi connectivity index (χ1n) is 8.09. The van der Waals surface area contributed by atoms with E-state index < -0.39 is 5.03 Å². The average molecular weight is 363 g/mol. The number of aryl methyl sites for hydroxylation is 1. The van der Waals surface area contributed by atoms with Crippen LogP contribution in [0.4, 0.5) is 0 Å². The molecule has 8 nitrogen and oxygen atoms in total. The Morgan fingerprint density at radius 2 is 2.24 bits per heavy atom. The molecule has 1 aromatic heterocycles. The third-order valence-electron chi connectivity index (χ3n) is 4.09. The van der Waals surface area contributed by atoms with Crippen LogP contribution in [-0.4, -0.2) is 38.9 Å². The molecule has 1 aliphatic heterocycles. The maximum absolute atomic E-state index is 10.9. The van der Waals surface area contributed by atoms with Crippen molar-refractivity contribution < 1.29 is 5.03 Å². The van der Waals surface area contributed by atoms with Gasteiger partial charge in [-0.2, -0.15) is 0 Å². The molecule has 0 radical (unpaired) electrons. The number of imidazole rings is 1. The molecule has 0 saturated carbocycles. The van der Waals surface area contributed by atoms with E-state index in [1.165, 1.54) is 5.56 Å². The predicted octanol–water partition coefficient (Wildman–Crippen LogP) is 2.19. The first-order chi connectivity index (χ1) is 12.1. The van der Waals surface area contributed by atoms with Gasteiger partial charge in [0.25, 0.3) is 5.96 Å². The lowest BCUT2D eigenvalue weighted by Gasteiger charge is -2.27. The number of fused-ring (bicyclic) bond motifs is 1. The fourth-order valence-corrected chi connectivity index (χ4v) is 2.95. The second-order valence-electron chi connectivity index (χ2n) is 5.82. The highest BCUT2D eigenvalue weighted by molar-refractivity contribution is 6.30. The summed E-state index contributed by atoms with van der Waals surface area (Å²) in [5.74, 6) is 0.293. The maximum Gasteiger partial charge on any atom is 0.271 e. The van der Waals surface area contributed by atoms with Gasteiger partial charge in [-0.1, -0.05) is 23.7 Å². The van der Waals surface area contributed by atoms with Crippen molar-refractivity contribution in [2.45, 2.75) is 25.8 Å². The Bertz CT molecular complexity index is 758. The molecule has 0 saturated heterocycles. The Balaban J connectivity index is 1.55. The monoisotopic (exact) mass is 362 g/mol. The van der Waals surface area contributed by atoms with E-state index in [4.69, 9.17) is 11.6 Å². The standard InChI is InChI=1S/C16H19ClN6O2/c17-13-5-3-12(4-6-13)2-1-8-18-16(21-23(24)25)22-9-7-14-15(10-22)20-11-19-14/h3-6,11H,1-2,7-10H2,(H,18,21)(H,19,20). The molecule has 2 aromatic rings. The minimum absolute atomic E-state index is 0.293. The highest BCUT2D eigenvalue weighted by atomic mass is 35.5. The molecule has 0 amide bonds. The number of hydrazone groups is 1. The van der Waals surface area contributed by atoms with Crippen molar-refractivity contribution in [1.29, 1.82) is 0 Å². The van der Waals surface area contributed by atoms with Crippen molar-refractivity contribution in [1.82, 2.24) is 20.2 Å². The van der Waals surface area contributed by atoms with Gasteiger partial charge < -0.3 is 15.2 Å². The summed E-state index contributed by atoms with van der Waals surface area (Å²) in [7, 11) is 0. The Morgan fingerprint density at radius 1 is 1.44 bits per heavy atom. The number of rotatable bonds is 5. The number of aromatic nitrogens is 2. The number of nitrogens with one attached hydrogen (secondary N) is 2. The van der Waals surface area contributed by atoms with E-state index in [1.807, 2.05) is 29.2 Å². The van der Waals surface area contributed by atoms with Gasteiger partial charge in [0.2, 0.25) is 0 Å². The zero-order valence-electron chi connectivity index (χ0n) is 13.6. The number of nitro groups is 1. The first kappa shape index (κ1) is 17.2. The van der Waals surface area contributed by atoms with Gasteiger partial charge in [-0.3, -0.25) is 0 Å². The smallest absolute Gasteiger partial charge is 0.271 e. The van der Waals surface area contributed by atoms with Crippen LogP contribution in [0.1, 0.15) is 23.4 Å². The van der Waals surface area contributed by atoms with Crippen molar-refractivity contribution in [3.05, 3.63) is 62.7 Å².